The molecule has 6 nitrogen and oxygen atoms in total. The summed E-state index contributed by atoms with van der Waals surface area (Å²) in [6, 6.07) is 7.32. The van der Waals surface area contributed by atoms with Gasteiger partial charge in [-0.25, -0.2) is 4.89 Å². The average molecular weight is 247 g/mol. The summed E-state index contributed by atoms with van der Waals surface area (Å²) >= 11 is -0.750. The van der Waals surface area contributed by atoms with Crippen molar-refractivity contribution in [2.75, 3.05) is 13.8 Å². The Kier molecular flexibility index (Phi) is 9.43. The molecule has 0 aromatic heterocycles. The molecule has 1 aromatic rings. The van der Waals surface area contributed by atoms with Gasteiger partial charge in [-0.2, -0.15) is 8.42 Å². The second kappa shape index (κ2) is 10.2. The molecule has 7 heteroatoms. The lowest BCUT2D eigenvalue weighted by Gasteiger charge is -2.05. The van der Waals surface area contributed by atoms with E-state index in [0.717, 1.165) is 11.3 Å². The molecule has 0 atom stereocenters. The molecule has 16 heavy (non-hydrogen) atoms. The summed E-state index contributed by atoms with van der Waals surface area (Å²) in [6.45, 7) is 0.683. The summed E-state index contributed by atoms with van der Waals surface area (Å²) in [5.74, 6) is 0.788. The first kappa shape index (κ1) is 14.7. The van der Waals surface area contributed by atoms with Gasteiger partial charge in [0.05, 0.1) is 0 Å². The van der Waals surface area contributed by atoms with Crippen LogP contribution in [0.25, 0.3) is 0 Å². The predicted octanol–water partition coefficient (Wildman–Crippen LogP) is 0.562. The lowest BCUT2D eigenvalue weighted by molar-refractivity contribution is -0.253. The lowest BCUT2D eigenvalue weighted by Crippen LogP contribution is -2.13. The Balaban J connectivity index is 0.000000673. The van der Waals surface area contributed by atoms with E-state index in [-0.39, 0.29) is 6.61 Å². The van der Waals surface area contributed by atoms with Gasteiger partial charge < -0.3 is 4.74 Å². The van der Waals surface area contributed by atoms with Crippen LogP contribution in [0.2, 0.25) is 0 Å². The van der Waals surface area contributed by atoms with Gasteiger partial charge in [-0.3, -0.25) is 10.6 Å². The van der Waals surface area contributed by atoms with Gasteiger partial charge in [0.25, 0.3) is 0 Å². The van der Waals surface area contributed by atoms with Crippen LogP contribution >= 0.6 is 0 Å². The van der Waals surface area contributed by atoms with Crippen molar-refractivity contribution in [3.8, 4) is 5.75 Å². The molecule has 0 saturated heterocycles. The van der Waals surface area contributed by atoms with Crippen molar-refractivity contribution >= 4 is 11.6 Å². The Morgan fingerprint density at radius 3 is 2.31 bits per heavy atom. The normalized spacial score (nSPS) is 8.88. The van der Waals surface area contributed by atoms with Gasteiger partial charge in [0, 0.05) is 0 Å². The zero-order valence-corrected chi connectivity index (χ0v) is 9.53. The minimum atomic E-state index is -0.750. The summed E-state index contributed by atoms with van der Waals surface area (Å²) in [6.07, 6.45) is 0. The van der Waals surface area contributed by atoms with Crippen molar-refractivity contribution < 1.29 is 23.3 Å². The quantitative estimate of drug-likeness (QED) is 0.449. The molecule has 1 rings (SSSR count). The van der Waals surface area contributed by atoms with Crippen molar-refractivity contribution in [2.24, 2.45) is 0 Å². The smallest absolute Gasteiger partial charge is 0.335 e. The predicted molar refractivity (Wildman–Crippen MR) is 57.3 cm³/mol. The molecular weight excluding hydrogens is 234 g/mol. The molecule has 0 heterocycles. The number of hydrogen-bond donors (Lipinski definition) is 2. The highest BCUT2D eigenvalue weighted by Crippen LogP contribution is 2.11. The third kappa shape index (κ3) is 7.07. The van der Waals surface area contributed by atoms with E-state index >= 15 is 0 Å². The Labute approximate surface area is 96.7 Å². The molecule has 90 valence electrons. The standard InChI is InChI=1S/C9H13NO3.O2S/c1-10-7-12-9-4-2-8(3-5-9)6-13-11;1-3-2/h2-5,10-11H,6-7H2,1H3;. The second-order valence-corrected chi connectivity index (χ2v) is 2.76. The van der Waals surface area contributed by atoms with Gasteiger partial charge in [0.2, 0.25) is 0 Å². The fourth-order valence-corrected chi connectivity index (χ4v) is 0.912. The van der Waals surface area contributed by atoms with Crippen LogP contribution in [0.3, 0.4) is 0 Å². The molecule has 0 aliphatic heterocycles. The lowest BCUT2D eigenvalue weighted by atomic mass is 10.2. The van der Waals surface area contributed by atoms with E-state index in [1.165, 1.54) is 0 Å². The van der Waals surface area contributed by atoms with Crippen LogP contribution in [0.5, 0.6) is 5.75 Å². The van der Waals surface area contributed by atoms with Crippen LogP contribution < -0.4 is 10.1 Å². The van der Waals surface area contributed by atoms with E-state index in [1.807, 2.05) is 31.3 Å². The van der Waals surface area contributed by atoms with Gasteiger partial charge >= 0.3 is 11.6 Å². The maximum Gasteiger partial charge on any atom is 0.335 e. The Morgan fingerprint density at radius 1 is 1.31 bits per heavy atom. The fraction of sp³-hybridized carbons (Fsp3) is 0.333. The first-order valence-electron chi connectivity index (χ1n) is 4.33. The number of hydrogen-bond acceptors (Lipinski definition) is 6. The highest BCUT2D eigenvalue weighted by molar-refractivity contribution is 7.51. The maximum absolute atomic E-state index is 8.29. The molecule has 2 N–H and O–H groups in total. The summed E-state index contributed by atoms with van der Waals surface area (Å²) < 4.78 is 21.9. The number of rotatable bonds is 5. The molecule has 0 bridgehead atoms. The summed E-state index contributed by atoms with van der Waals surface area (Å²) in [7, 11) is 1.81. The van der Waals surface area contributed by atoms with Crippen LogP contribution in [0, 0.1) is 0 Å². The van der Waals surface area contributed by atoms with Crippen LogP contribution in [0.15, 0.2) is 24.3 Å². The van der Waals surface area contributed by atoms with E-state index in [9.17, 15) is 0 Å². The molecular formula is C9H13NO5S. The highest BCUT2D eigenvalue weighted by Gasteiger charge is 1.94. The SMILES string of the molecule is CNCOc1ccc(COO)cc1.O=S=O. The van der Waals surface area contributed by atoms with Crippen LogP contribution in [0.1, 0.15) is 5.56 Å². The van der Waals surface area contributed by atoms with Crippen LogP contribution in [0.4, 0.5) is 0 Å². The molecule has 0 amide bonds. The zero-order chi connectivity index (χ0) is 12.2. The van der Waals surface area contributed by atoms with E-state index in [0.29, 0.717) is 6.73 Å². The van der Waals surface area contributed by atoms with Gasteiger partial charge in [0.1, 0.15) is 19.1 Å². The topological polar surface area (TPSA) is 84.9 Å². The molecule has 0 spiro atoms. The number of ether oxygens (including phenoxy) is 1. The van der Waals surface area contributed by atoms with Crippen LogP contribution in [-0.2, 0) is 23.1 Å². The molecule has 0 aliphatic carbocycles. The monoisotopic (exact) mass is 247 g/mol. The highest BCUT2D eigenvalue weighted by atomic mass is 32.1. The minimum absolute atomic E-state index is 0.201. The molecule has 0 radical (unpaired) electrons. The first-order chi connectivity index (χ1) is 7.78. The van der Waals surface area contributed by atoms with Gasteiger partial charge in [-0.15, -0.1) is 0 Å². The van der Waals surface area contributed by atoms with Gasteiger partial charge in [-0.1, -0.05) is 12.1 Å². The summed E-state index contributed by atoms with van der Waals surface area (Å²) in [4.78, 5) is 4.00. The molecule has 0 fully saturated rings. The third-order valence-electron chi connectivity index (χ3n) is 1.54. The first-order valence-corrected chi connectivity index (χ1v) is 4.99. The third-order valence-corrected chi connectivity index (χ3v) is 1.54. The van der Waals surface area contributed by atoms with Gasteiger partial charge in [-0.05, 0) is 24.7 Å². The van der Waals surface area contributed by atoms with Crippen molar-refractivity contribution in [2.45, 2.75) is 6.61 Å². The van der Waals surface area contributed by atoms with Crippen LogP contribution in [-0.4, -0.2) is 27.5 Å². The van der Waals surface area contributed by atoms with Crippen molar-refractivity contribution in [1.29, 1.82) is 0 Å². The zero-order valence-electron chi connectivity index (χ0n) is 8.71. The molecule has 0 aliphatic rings. The van der Waals surface area contributed by atoms with E-state index in [4.69, 9.17) is 18.4 Å². The average Bonchev–Trinajstić information content (AvgIpc) is 2.30. The largest absolute Gasteiger partial charge is 0.478 e. The van der Waals surface area contributed by atoms with Crippen molar-refractivity contribution in [1.82, 2.24) is 5.32 Å². The Bertz CT molecular complexity index is 310. The minimum Gasteiger partial charge on any atom is -0.478 e. The summed E-state index contributed by atoms with van der Waals surface area (Å²) in [5, 5.41) is 11.1. The van der Waals surface area contributed by atoms with Crippen molar-refractivity contribution in [3.05, 3.63) is 29.8 Å². The Morgan fingerprint density at radius 2 is 1.88 bits per heavy atom. The molecule has 1 aromatic carbocycles. The Hall–Kier alpha value is -1.28. The number of benzene rings is 1. The van der Waals surface area contributed by atoms with Crippen molar-refractivity contribution in [3.63, 3.8) is 0 Å². The second-order valence-electron chi connectivity index (χ2n) is 2.63. The van der Waals surface area contributed by atoms with Gasteiger partial charge in [0.15, 0.2) is 0 Å². The number of nitrogens with one attached hydrogen (secondary N) is 1. The molecule has 0 unspecified atom stereocenters. The van der Waals surface area contributed by atoms with E-state index in [1.54, 1.807) is 0 Å². The maximum atomic E-state index is 8.29. The fourth-order valence-electron chi connectivity index (χ4n) is 0.912. The summed E-state index contributed by atoms with van der Waals surface area (Å²) in [5.41, 5.74) is 0.902. The van der Waals surface area contributed by atoms with E-state index in [2.05, 4.69) is 10.2 Å². The van der Waals surface area contributed by atoms with E-state index < -0.39 is 11.6 Å². The molecule has 0 saturated carbocycles.